The van der Waals surface area contributed by atoms with E-state index >= 15 is 0 Å². The van der Waals surface area contributed by atoms with Gasteiger partial charge in [-0.05, 0) is 51.0 Å². The minimum absolute atomic E-state index is 0.0380. The fourth-order valence-electron chi connectivity index (χ4n) is 2.97. The quantitative estimate of drug-likeness (QED) is 0.187. The lowest BCUT2D eigenvalue weighted by Gasteiger charge is -2.12. The largest absolute Gasteiger partial charge is 0.506 e. The molecule has 0 aliphatic carbocycles. The molecule has 0 spiro atoms. The standard InChI is InChI=1S/C24H31N3O5/c1-3-31-21-14-10-11-18(24(21)32-4-2)17-25-27-23(30)16-7-5-6-15-22(29)26-19-12-8-9-13-20(19)28/h8-14,17,28H,3-7,15-16H2,1-2H3,(H,26,29)(H,27,30)/b25-17+. The molecule has 3 N–H and O–H groups in total. The molecule has 2 aromatic rings. The summed E-state index contributed by atoms with van der Waals surface area (Å²) < 4.78 is 11.2. The van der Waals surface area contributed by atoms with Crippen LogP contribution in [0, 0.1) is 0 Å². The number of unbranched alkanes of at least 4 members (excludes halogenated alkanes) is 2. The zero-order chi connectivity index (χ0) is 23.2. The van der Waals surface area contributed by atoms with Gasteiger partial charge in [-0.1, -0.05) is 24.6 Å². The maximum Gasteiger partial charge on any atom is 0.240 e. The number of amides is 2. The minimum atomic E-state index is -0.196. The molecule has 0 heterocycles. The van der Waals surface area contributed by atoms with Gasteiger partial charge in [0.25, 0.3) is 0 Å². The van der Waals surface area contributed by atoms with E-state index in [-0.39, 0.29) is 17.6 Å². The molecular formula is C24H31N3O5. The Morgan fingerprint density at radius 1 is 0.938 bits per heavy atom. The van der Waals surface area contributed by atoms with E-state index in [1.54, 1.807) is 18.2 Å². The second-order valence-corrected chi connectivity index (χ2v) is 6.96. The fraction of sp³-hybridized carbons (Fsp3) is 0.375. The lowest BCUT2D eigenvalue weighted by molar-refractivity contribution is -0.121. The van der Waals surface area contributed by atoms with E-state index in [2.05, 4.69) is 15.8 Å². The SMILES string of the molecule is CCOc1cccc(/C=N/NC(=O)CCCCCC(=O)Nc2ccccc2O)c1OCC. The van der Waals surface area contributed by atoms with E-state index in [1.807, 2.05) is 32.0 Å². The number of ether oxygens (including phenoxy) is 2. The Kier molecular flexibility index (Phi) is 10.6. The van der Waals surface area contributed by atoms with Crippen LogP contribution >= 0.6 is 0 Å². The van der Waals surface area contributed by atoms with Crippen LogP contribution in [0.25, 0.3) is 0 Å². The first-order valence-corrected chi connectivity index (χ1v) is 10.8. The summed E-state index contributed by atoms with van der Waals surface area (Å²) in [5.74, 6) is 0.905. The molecular weight excluding hydrogens is 410 g/mol. The number of para-hydroxylation sites is 3. The first-order chi connectivity index (χ1) is 15.5. The van der Waals surface area contributed by atoms with Gasteiger partial charge in [0.15, 0.2) is 11.5 Å². The highest BCUT2D eigenvalue weighted by Crippen LogP contribution is 2.30. The molecule has 0 unspecified atom stereocenters. The van der Waals surface area contributed by atoms with E-state index in [0.717, 1.165) is 6.42 Å². The predicted octanol–water partition coefficient (Wildman–Crippen LogP) is 4.23. The molecule has 0 saturated carbocycles. The van der Waals surface area contributed by atoms with Gasteiger partial charge in [-0.15, -0.1) is 0 Å². The van der Waals surface area contributed by atoms with Gasteiger partial charge in [0.1, 0.15) is 5.75 Å². The summed E-state index contributed by atoms with van der Waals surface area (Å²) in [4.78, 5) is 23.9. The number of aromatic hydroxyl groups is 1. The summed E-state index contributed by atoms with van der Waals surface area (Å²) >= 11 is 0. The smallest absolute Gasteiger partial charge is 0.240 e. The first kappa shape index (κ1) is 24.7. The van der Waals surface area contributed by atoms with Gasteiger partial charge in [-0.2, -0.15) is 5.10 Å². The summed E-state index contributed by atoms with van der Waals surface area (Å²) in [5, 5.41) is 16.4. The highest BCUT2D eigenvalue weighted by Gasteiger charge is 2.09. The molecule has 0 aliphatic rings. The minimum Gasteiger partial charge on any atom is -0.506 e. The zero-order valence-electron chi connectivity index (χ0n) is 18.6. The van der Waals surface area contributed by atoms with Crippen molar-refractivity contribution in [1.82, 2.24) is 5.43 Å². The van der Waals surface area contributed by atoms with Crippen molar-refractivity contribution in [3.8, 4) is 17.2 Å². The van der Waals surface area contributed by atoms with Gasteiger partial charge in [-0.25, -0.2) is 5.43 Å². The van der Waals surface area contributed by atoms with E-state index in [4.69, 9.17) is 9.47 Å². The summed E-state index contributed by atoms with van der Waals surface area (Å²) in [5.41, 5.74) is 3.63. The highest BCUT2D eigenvalue weighted by molar-refractivity contribution is 5.92. The number of hydrazone groups is 1. The van der Waals surface area contributed by atoms with Crippen LogP contribution in [0.4, 0.5) is 5.69 Å². The van der Waals surface area contributed by atoms with Gasteiger partial charge in [0.2, 0.25) is 11.8 Å². The molecule has 0 aliphatic heterocycles. The van der Waals surface area contributed by atoms with Crippen LogP contribution in [-0.2, 0) is 9.59 Å². The monoisotopic (exact) mass is 441 g/mol. The van der Waals surface area contributed by atoms with Crippen molar-refractivity contribution in [3.63, 3.8) is 0 Å². The molecule has 8 nitrogen and oxygen atoms in total. The van der Waals surface area contributed by atoms with Gasteiger partial charge in [-0.3, -0.25) is 9.59 Å². The average Bonchev–Trinajstić information content (AvgIpc) is 2.77. The number of rotatable bonds is 13. The van der Waals surface area contributed by atoms with Gasteiger partial charge >= 0.3 is 0 Å². The van der Waals surface area contributed by atoms with Crippen LogP contribution in [0.2, 0.25) is 0 Å². The molecule has 0 saturated heterocycles. The molecule has 0 fully saturated rings. The molecule has 32 heavy (non-hydrogen) atoms. The molecule has 172 valence electrons. The number of carbonyl (C=O) groups excluding carboxylic acids is 2. The Labute approximate surface area is 188 Å². The normalized spacial score (nSPS) is 10.7. The number of hydrogen-bond acceptors (Lipinski definition) is 6. The third-order valence-corrected chi connectivity index (χ3v) is 4.48. The molecule has 0 bridgehead atoms. The highest BCUT2D eigenvalue weighted by atomic mass is 16.5. The van der Waals surface area contributed by atoms with E-state index in [9.17, 15) is 14.7 Å². The van der Waals surface area contributed by atoms with Crippen molar-refractivity contribution in [2.45, 2.75) is 46.0 Å². The van der Waals surface area contributed by atoms with Crippen molar-refractivity contribution < 1.29 is 24.2 Å². The van der Waals surface area contributed by atoms with Crippen LogP contribution in [-0.4, -0.2) is 36.3 Å². The second-order valence-electron chi connectivity index (χ2n) is 6.96. The molecule has 8 heteroatoms. The summed E-state index contributed by atoms with van der Waals surface area (Å²) in [6.07, 6.45) is 4.21. The Morgan fingerprint density at radius 2 is 1.66 bits per heavy atom. The third-order valence-electron chi connectivity index (χ3n) is 4.48. The van der Waals surface area contributed by atoms with Crippen LogP contribution in [0.5, 0.6) is 17.2 Å². The molecule has 0 radical (unpaired) electrons. The second kappa shape index (κ2) is 13.7. The number of phenolic OH excluding ortho intramolecular Hbond substituents is 1. The van der Waals surface area contributed by atoms with Crippen LogP contribution in [0.15, 0.2) is 47.6 Å². The third kappa shape index (κ3) is 8.29. The van der Waals surface area contributed by atoms with Crippen LogP contribution < -0.4 is 20.2 Å². The molecule has 2 rings (SSSR count). The summed E-state index contributed by atoms with van der Waals surface area (Å²) in [6, 6.07) is 12.1. The van der Waals surface area contributed by atoms with E-state index < -0.39 is 0 Å². The molecule has 2 amide bonds. The van der Waals surface area contributed by atoms with Gasteiger partial charge < -0.3 is 19.9 Å². The predicted molar refractivity (Wildman–Crippen MR) is 124 cm³/mol. The van der Waals surface area contributed by atoms with Gasteiger partial charge in [0, 0.05) is 18.4 Å². The Hall–Kier alpha value is -3.55. The zero-order valence-corrected chi connectivity index (χ0v) is 18.6. The van der Waals surface area contributed by atoms with Crippen molar-refractivity contribution in [2.75, 3.05) is 18.5 Å². The van der Waals surface area contributed by atoms with Crippen molar-refractivity contribution in [3.05, 3.63) is 48.0 Å². The topological polar surface area (TPSA) is 109 Å². The lowest BCUT2D eigenvalue weighted by atomic mass is 10.1. The first-order valence-electron chi connectivity index (χ1n) is 10.8. The molecule has 2 aromatic carbocycles. The maximum absolute atomic E-state index is 12.0. The van der Waals surface area contributed by atoms with Crippen molar-refractivity contribution in [1.29, 1.82) is 0 Å². The van der Waals surface area contributed by atoms with Gasteiger partial charge in [0.05, 0.1) is 25.1 Å². The number of phenols is 1. The van der Waals surface area contributed by atoms with Crippen molar-refractivity contribution >= 4 is 23.7 Å². The van der Waals surface area contributed by atoms with E-state index in [0.29, 0.717) is 61.6 Å². The Morgan fingerprint density at radius 3 is 2.38 bits per heavy atom. The number of hydrogen-bond donors (Lipinski definition) is 3. The summed E-state index contributed by atoms with van der Waals surface area (Å²) in [7, 11) is 0. The number of carbonyl (C=O) groups is 2. The van der Waals surface area contributed by atoms with Crippen LogP contribution in [0.1, 0.15) is 51.5 Å². The Bertz CT molecular complexity index is 914. The molecule has 0 aromatic heterocycles. The number of nitrogens with zero attached hydrogens (tertiary/aromatic N) is 1. The van der Waals surface area contributed by atoms with Crippen LogP contribution in [0.3, 0.4) is 0 Å². The van der Waals surface area contributed by atoms with Crippen molar-refractivity contribution in [2.24, 2.45) is 5.10 Å². The lowest BCUT2D eigenvalue weighted by Crippen LogP contribution is -2.17. The Balaban J connectivity index is 1.69. The fourth-order valence-corrected chi connectivity index (χ4v) is 2.97. The number of nitrogens with one attached hydrogen (secondary N) is 2. The summed E-state index contributed by atoms with van der Waals surface area (Å²) in [6.45, 7) is 4.80. The maximum atomic E-state index is 12.0. The van der Waals surface area contributed by atoms with E-state index in [1.165, 1.54) is 12.3 Å². The number of anilines is 1. The number of benzene rings is 2. The molecule has 0 atom stereocenters. The average molecular weight is 442 g/mol.